The number of rotatable bonds is 4. The lowest BCUT2D eigenvalue weighted by Gasteiger charge is -2.05. The number of aryl methyl sites for hydroxylation is 1. The van der Waals surface area contributed by atoms with E-state index >= 15 is 0 Å². The zero-order chi connectivity index (χ0) is 14.7. The first-order chi connectivity index (χ1) is 9.58. The van der Waals surface area contributed by atoms with Crippen molar-refractivity contribution in [1.29, 1.82) is 0 Å². The lowest BCUT2D eigenvalue weighted by Crippen LogP contribution is -2.11. The monoisotopic (exact) mass is 295 g/mol. The summed E-state index contributed by atoms with van der Waals surface area (Å²) in [7, 11) is 3.13. The lowest BCUT2D eigenvalue weighted by molar-refractivity contribution is 0.0510. The molecule has 0 bridgehead atoms. The summed E-state index contributed by atoms with van der Waals surface area (Å²) in [6.45, 7) is 2.02. The molecule has 0 spiro atoms. The summed E-state index contributed by atoms with van der Waals surface area (Å²) < 4.78 is 11.7. The summed E-state index contributed by atoms with van der Waals surface area (Å²) in [6.07, 6.45) is 1.57. The van der Waals surface area contributed by atoms with Crippen LogP contribution in [0.5, 0.6) is 5.75 Å². The maximum atomic E-state index is 11.9. The predicted octanol–water partition coefficient (Wildman–Crippen LogP) is 2.32. The van der Waals surface area contributed by atoms with Gasteiger partial charge in [-0.2, -0.15) is 5.10 Å². The molecule has 0 atom stereocenters. The lowest BCUT2D eigenvalue weighted by atomic mass is 10.2. The third-order valence-electron chi connectivity index (χ3n) is 2.68. The molecule has 0 radical (unpaired) electrons. The molecule has 2 aromatic rings. The van der Waals surface area contributed by atoms with Crippen molar-refractivity contribution in [1.82, 2.24) is 14.8 Å². The zero-order valence-electron chi connectivity index (χ0n) is 11.4. The molecule has 0 fully saturated rings. The summed E-state index contributed by atoms with van der Waals surface area (Å²) in [6, 6.07) is 3.41. The Morgan fingerprint density at radius 3 is 2.75 bits per heavy atom. The second-order valence-electron chi connectivity index (χ2n) is 3.94. The molecule has 0 aromatic carbocycles. The third-order valence-corrected chi connectivity index (χ3v) is 2.90. The van der Waals surface area contributed by atoms with Crippen LogP contribution in [0.3, 0.4) is 0 Å². The van der Waals surface area contributed by atoms with Gasteiger partial charge in [0.2, 0.25) is 0 Å². The molecule has 20 heavy (non-hydrogen) atoms. The highest BCUT2D eigenvalue weighted by atomic mass is 35.5. The standard InChI is InChI=1S/C13H14ClN3O3/c1-4-20-13(18)11-12(19-3)10(16-17(11)2)8-5-6-9(14)15-7-8/h5-7H,4H2,1-3H3. The fraction of sp³-hybridized carbons (Fsp3) is 0.308. The first-order valence-corrected chi connectivity index (χ1v) is 6.36. The largest absolute Gasteiger partial charge is 0.492 e. The van der Waals surface area contributed by atoms with Crippen LogP contribution in [0.2, 0.25) is 5.15 Å². The van der Waals surface area contributed by atoms with Crippen LogP contribution < -0.4 is 4.74 Å². The average molecular weight is 296 g/mol. The first-order valence-electron chi connectivity index (χ1n) is 5.98. The molecule has 0 unspecified atom stereocenters. The van der Waals surface area contributed by atoms with Crippen molar-refractivity contribution < 1.29 is 14.3 Å². The second-order valence-corrected chi connectivity index (χ2v) is 4.33. The summed E-state index contributed by atoms with van der Waals surface area (Å²) in [5.74, 6) is -0.123. The molecule has 0 aliphatic carbocycles. The van der Waals surface area contributed by atoms with E-state index in [1.165, 1.54) is 11.8 Å². The number of carbonyl (C=O) groups excluding carboxylic acids is 1. The molecular weight excluding hydrogens is 282 g/mol. The van der Waals surface area contributed by atoms with Crippen molar-refractivity contribution in [3.05, 3.63) is 29.2 Å². The topological polar surface area (TPSA) is 66.2 Å². The van der Waals surface area contributed by atoms with Crippen LogP contribution in [0, 0.1) is 0 Å². The van der Waals surface area contributed by atoms with Gasteiger partial charge in [-0.15, -0.1) is 0 Å². The summed E-state index contributed by atoms with van der Waals surface area (Å²) in [5, 5.41) is 4.68. The second kappa shape index (κ2) is 5.92. The Hall–Kier alpha value is -2.08. The minimum Gasteiger partial charge on any atom is -0.492 e. The minimum absolute atomic E-state index is 0.263. The number of hydrogen-bond donors (Lipinski definition) is 0. The number of pyridine rings is 1. The van der Waals surface area contributed by atoms with Gasteiger partial charge < -0.3 is 9.47 Å². The maximum absolute atomic E-state index is 11.9. The van der Waals surface area contributed by atoms with Crippen molar-refractivity contribution in [3.63, 3.8) is 0 Å². The number of aromatic nitrogens is 3. The van der Waals surface area contributed by atoms with E-state index in [0.29, 0.717) is 22.2 Å². The Labute approximate surface area is 121 Å². The van der Waals surface area contributed by atoms with Gasteiger partial charge in [0.25, 0.3) is 0 Å². The number of carbonyl (C=O) groups is 1. The molecule has 0 saturated carbocycles. The molecule has 0 N–H and O–H groups in total. The number of ether oxygens (including phenoxy) is 2. The Morgan fingerprint density at radius 1 is 1.45 bits per heavy atom. The van der Waals surface area contributed by atoms with Crippen LogP contribution in [-0.4, -0.2) is 34.5 Å². The van der Waals surface area contributed by atoms with Crippen molar-refractivity contribution in [2.24, 2.45) is 7.05 Å². The summed E-state index contributed by atoms with van der Waals surface area (Å²) >= 11 is 5.76. The Kier molecular flexibility index (Phi) is 4.24. The van der Waals surface area contributed by atoms with Crippen LogP contribution in [0.25, 0.3) is 11.3 Å². The van der Waals surface area contributed by atoms with E-state index in [4.69, 9.17) is 21.1 Å². The zero-order valence-corrected chi connectivity index (χ0v) is 12.1. The van der Waals surface area contributed by atoms with E-state index in [2.05, 4.69) is 10.1 Å². The van der Waals surface area contributed by atoms with Gasteiger partial charge in [0.1, 0.15) is 10.8 Å². The van der Waals surface area contributed by atoms with Crippen LogP contribution in [-0.2, 0) is 11.8 Å². The fourth-order valence-corrected chi connectivity index (χ4v) is 1.94. The molecule has 106 valence electrons. The number of nitrogens with zero attached hydrogens (tertiary/aromatic N) is 3. The van der Waals surface area contributed by atoms with Gasteiger partial charge in [0.15, 0.2) is 11.4 Å². The van der Waals surface area contributed by atoms with Gasteiger partial charge in [-0.3, -0.25) is 4.68 Å². The maximum Gasteiger partial charge on any atom is 0.360 e. The van der Waals surface area contributed by atoms with Crippen LogP contribution >= 0.6 is 11.6 Å². The highest BCUT2D eigenvalue weighted by molar-refractivity contribution is 6.29. The highest BCUT2D eigenvalue weighted by Crippen LogP contribution is 2.32. The average Bonchev–Trinajstić information content (AvgIpc) is 2.76. The highest BCUT2D eigenvalue weighted by Gasteiger charge is 2.25. The van der Waals surface area contributed by atoms with E-state index in [0.717, 1.165) is 0 Å². The smallest absolute Gasteiger partial charge is 0.360 e. The van der Waals surface area contributed by atoms with Gasteiger partial charge in [-0.25, -0.2) is 9.78 Å². The van der Waals surface area contributed by atoms with Crippen molar-refractivity contribution in [2.75, 3.05) is 13.7 Å². The number of methoxy groups -OCH3 is 1. The van der Waals surface area contributed by atoms with E-state index < -0.39 is 5.97 Å². The third kappa shape index (κ3) is 2.60. The van der Waals surface area contributed by atoms with E-state index in [1.54, 1.807) is 32.3 Å². The van der Waals surface area contributed by atoms with Crippen LogP contribution in [0.1, 0.15) is 17.4 Å². The Bertz CT molecular complexity index is 623. The molecular formula is C13H14ClN3O3. The van der Waals surface area contributed by atoms with Gasteiger partial charge >= 0.3 is 5.97 Å². The molecule has 0 saturated heterocycles. The number of hydrogen-bond acceptors (Lipinski definition) is 5. The molecule has 2 rings (SSSR count). The quantitative estimate of drug-likeness (QED) is 0.640. The fourth-order valence-electron chi connectivity index (χ4n) is 1.83. The molecule has 0 aliphatic rings. The first kappa shape index (κ1) is 14.3. The molecule has 6 nitrogen and oxygen atoms in total. The number of halogens is 1. The van der Waals surface area contributed by atoms with Crippen molar-refractivity contribution in [3.8, 4) is 17.0 Å². The Balaban J connectivity index is 2.52. The SMILES string of the molecule is CCOC(=O)c1c(OC)c(-c2ccc(Cl)nc2)nn1C. The van der Waals surface area contributed by atoms with Crippen LogP contribution in [0.15, 0.2) is 18.3 Å². The van der Waals surface area contributed by atoms with Gasteiger partial charge in [0, 0.05) is 18.8 Å². The van der Waals surface area contributed by atoms with E-state index in [9.17, 15) is 4.79 Å². The molecule has 0 aliphatic heterocycles. The van der Waals surface area contributed by atoms with Gasteiger partial charge in [0.05, 0.1) is 13.7 Å². The summed E-state index contributed by atoms with van der Waals surface area (Å²) in [5.41, 5.74) is 1.49. The van der Waals surface area contributed by atoms with Gasteiger partial charge in [-0.05, 0) is 19.1 Å². The molecule has 2 aromatic heterocycles. The molecule has 0 amide bonds. The van der Waals surface area contributed by atoms with E-state index in [1.807, 2.05) is 0 Å². The predicted molar refractivity (Wildman–Crippen MR) is 74.0 cm³/mol. The normalized spacial score (nSPS) is 10.4. The molecule has 2 heterocycles. The van der Waals surface area contributed by atoms with Crippen LogP contribution in [0.4, 0.5) is 0 Å². The molecule has 7 heteroatoms. The van der Waals surface area contributed by atoms with E-state index in [-0.39, 0.29) is 12.3 Å². The van der Waals surface area contributed by atoms with Gasteiger partial charge in [-0.1, -0.05) is 11.6 Å². The van der Waals surface area contributed by atoms with Crippen molar-refractivity contribution in [2.45, 2.75) is 6.92 Å². The number of esters is 1. The Morgan fingerprint density at radius 2 is 2.20 bits per heavy atom. The minimum atomic E-state index is -0.479. The summed E-state index contributed by atoms with van der Waals surface area (Å²) in [4.78, 5) is 15.9. The van der Waals surface area contributed by atoms with Crippen molar-refractivity contribution >= 4 is 17.6 Å².